The number of aliphatic hydroxyl groups excluding tert-OH is 1. The lowest BCUT2D eigenvalue weighted by Crippen LogP contribution is -2.21. The maximum atomic E-state index is 10.7. The van der Waals surface area contributed by atoms with Crippen molar-refractivity contribution in [3.8, 4) is 0 Å². The molecule has 1 saturated heterocycles. The summed E-state index contributed by atoms with van der Waals surface area (Å²) in [5, 5.41) is 10.4. The molecule has 0 radical (unpaired) electrons. The van der Waals surface area contributed by atoms with E-state index < -0.39 is 0 Å². The van der Waals surface area contributed by atoms with E-state index in [9.17, 15) is 4.79 Å². The topological polar surface area (TPSA) is 49.3 Å². The molecule has 17 heavy (non-hydrogen) atoms. The van der Waals surface area contributed by atoms with Gasteiger partial charge in [0.2, 0.25) is 0 Å². The first-order chi connectivity index (χ1) is 8.31. The van der Waals surface area contributed by atoms with Gasteiger partial charge >= 0.3 is 0 Å². The Labute approximate surface area is 103 Å². The molecule has 1 aliphatic carbocycles. The summed E-state index contributed by atoms with van der Waals surface area (Å²) < 4.78 is 0. The first-order valence-electron chi connectivity index (χ1n) is 6.05. The molecule has 0 bridgehead atoms. The van der Waals surface area contributed by atoms with Gasteiger partial charge in [0.05, 0.1) is 0 Å². The Morgan fingerprint density at radius 3 is 2.88 bits per heavy atom. The quantitative estimate of drug-likeness (QED) is 0.719. The summed E-state index contributed by atoms with van der Waals surface area (Å²) in [6.07, 6.45) is 10.8. The van der Waals surface area contributed by atoms with E-state index in [0.717, 1.165) is 32.8 Å². The normalized spacial score (nSPS) is 20.1. The lowest BCUT2D eigenvalue weighted by atomic mass is 9.99. The molecule has 1 heterocycles. The van der Waals surface area contributed by atoms with Crippen LogP contribution in [0.5, 0.6) is 0 Å². The van der Waals surface area contributed by atoms with Crippen molar-refractivity contribution in [2.75, 3.05) is 13.7 Å². The van der Waals surface area contributed by atoms with Crippen LogP contribution in [-0.2, 0) is 4.79 Å². The van der Waals surface area contributed by atoms with E-state index >= 15 is 0 Å². The zero-order chi connectivity index (χ0) is 12.7. The zero-order valence-corrected chi connectivity index (χ0v) is 10.6. The molecule has 0 aromatic rings. The number of hydrogen-bond acceptors (Lipinski definition) is 3. The fraction of sp³-hybridized carbons (Fsp3) is 0.500. The van der Waals surface area contributed by atoms with Gasteiger partial charge in [-0.05, 0) is 24.8 Å². The van der Waals surface area contributed by atoms with Gasteiger partial charge < -0.3 is 15.2 Å². The average molecular weight is 235 g/mol. The summed E-state index contributed by atoms with van der Waals surface area (Å²) in [6.45, 7) is 3.03. The van der Waals surface area contributed by atoms with Gasteiger partial charge in [0.15, 0.2) is 0 Å². The third-order valence-electron chi connectivity index (χ3n) is 3.11. The first-order valence-corrected chi connectivity index (χ1v) is 6.05. The SMILES string of the molecule is CC(C=O)C1=CC=C2CCCNC2=CC1.CO. The first kappa shape index (κ1) is 13.7. The Morgan fingerprint density at radius 2 is 2.18 bits per heavy atom. The number of rotatable bonds is 2. The molecule has 2 N–H and O–H groups in total. The molecule has 1 unspecified atom stereocenters. The number of hydrogen-bond donors (Lipinski definition) is 2. The highest BCUT2D eigenvalue weighted by Crippen LogP contribution is 2.25. The van der Waals surface area contributed by atoms with E-state index in [2.05, 4.69) is 23.5 Å². The number of aldehydes is 1. The molecule has 0 amide bonds. The van der Waals surface area contributed by atoms with Gasteiger partial charge in [-0.2, -0.15) is 0 Å². The minimum atomic E-state index is 0.0406. The minimum absolute atomic E-state index is 0.0406. The van der Waals surface area contributed by atoms with Crippen LogP contribution in [0.2, 0.25) is 0 Å². The smallest absolute Gasteiger partial charge is 0.126 e. The van der Waals surface area contributed by atoms with E-state index in [1.165, 1.54) is 23.3 Å². The molecular formula is C14H21NO2. The maximum absolute atomic E-state index is 10.7. The highest BCUT2D eigenvalue weighted by Gasteiger charge is 2.14. The molecule has 94 valence electrons. The largest absolute Gasteiger partial charge is 0.400 e. The number of nitrogens with one attached hydrogen (secondary N) is 1. The molecule has 2 aliphatic rings. The van der Waals surface area contributed by atoms with Crippen LogP contribution in [0.4, 0.5) is 0 Å². The molecular weight excluding hydrogens is 214 g/mol. The van der Waals surface area contributed by atoms with Crippen LogP contribution in [0.25, 0.3) is 0 Å². The summed E-state index contributed by atoms with van der Waals surface area (Å²) in [5.41, 5.74) is 3.86. The number of carbonyl (C=O) groups excluding carboxylic acids is 1. The average Bonchev–Trinajstić information content (AvgIpc) is 2.62. The predicted molar refractivity (Wildman–Crippen MR) is 69.5 cm³/mol. The Kier molecular flexibility index (Phi) is 5.70. The second-order valence-corrected chi connectivity index (χ2v) is 4.21. The predicted octanol–water partition coefficient (Wildman–Crippen LogP) is 1.95. The van der Waals surface area contributed by atoms with E-state index in [1.807, 2.05) is 6.92 Å². The molecule has 0 saturated carbocycles. The summed E-state index contributed by atoms with van der Waals surface area (Å²) in [6, 6.07) is 0. The molecule has 3 heteroatoms. The van der Waals surface area contributed by atoms with Crippen molar-refractivity contribution < 1.29 is 9.90 Å². The van der Waals surface area contributed by atoms with Gasteiger partial charge in [0.1, 0.15) is 6.29 Å². The summed E-state index contributed by atoms with van der Waals surface area (Å²) in [4.78, 5) is 10.7. The van der Waals surface area contributed by atoms with Crippen molar-refractivity contribution in [2.24, 2.45) is 5.92 Å². The molecule has 2 rings (SSSR count). The van der Waals surface area contributed by atoms with Crippen LogP contribution >= 0.6 is 0 Å². The number of aliphatic hydroxyl groups is 1. The van der Waals surface area contributed by atoms with Crippen LogP contribution in [0.1, 0.15) is 26.2 Å². The van der Waals surface area contributed by atoms with Gasteiger partial charge in [0, 0.05) is 25.3 Å². The maximum Gasteiger partial charge on any atom is 0.126 e. The lowest BCUT2D eigenvalue weighted by Gasteiger charge is -2.19. The zero-order valence-electron chi connectivity index (χ0n) is 10.6. The highest BCUT2D eigenvalue weighted by atomic mass is 16.2. The Bertz CT molecular complexity index is 353. The third kappa shape index (κ3) is 3.56. The van der Waals surface area contributed by atoms with Crippen molar-refractivity contribution >= 4 is 6.29 Å². The van der Waals surface area contributed by atoms with Gasteiger partial charge in [-0.1, -0.05) is 30.7 Å². The van der Waals surface area contributed by atoms with Crippen LogP contribution < -0.4 is 5.32 Å². The minimum Gasteiger partial charge on any atom is -0.400 e. The Balaban J connectivity index is 0.000000686. The Hall–Kier alpha value is -1.35. The standard InChI is InChI=1S/C13H17NO.CH4O/c1-10(9-15)11-4-5-12-3-2-8-14-13(12)7-6-11;1-2/h4-5,7,9-10,14H,2-3,6,8H2,1H3;2H,1H3. The Morgan fingerprint density at radius 1 is 1.41 bits per heavy atom. The van der Waals surface area contributed by atoms with Gasteiger partial charge in [-0.3, -0.25) is 0 Å². The lowest BCUT2D eigenvalue weighted by molar-refractivity contribution is -0.109. The van der Waals surface area contributed by atoms with Crippen LogP contribution in [0, 0.1) is 5.92 Å². The van der Waals surface area contributed by atoms with E-state index in [0.29, 0.717) is 0 Å². The molecule has 3 nitrogen and oxygen atoms in total. The van der Waals surface area contributed by atoms with Crippen molar-refractivity contribution in [3.63, 3.8) is 0 Å². The van der Waals surface area contributed by atoms with Gasteiger partial charge in [-0.25, -0.2) is 0 Å². The van der Waals surface area contributed by atoms with E-state index in [-0.39, 0.29) is 5.92 Å². The molecule has 1 atom stereocenters. The van der Waals surface area contributed by atoms with Crippen LogP contribution in [0.3, 0.4) is 0 Å². The fourth-order valence-electron chi connectivity index (χ4n) is 2.05. The fourth-order valence-corrected chi connectivity index (χ4v) is 2.05. The number of fused-ring (bicyclic) bond motifs is 1. The number of piperidine rings is 1. The van der Waals surface area contributed by atoms with Crippen molar-refractivity contribution in [3.05, 3.63) is 35.1 Å². The van der Waals surface area contributed by atoms with Gasteiger partial charge in [0.25, 0.3) is 0 Å². The van der Waals surface area contributed by atoms with Crippen molar-refractivity contribution in [1.29, 1.82) is 0 Å². The molecule has 0 spiro atoms. The van der Waals surface area contributed by atoms with Crippen LogP contribution in [0.15, 0.2) is 35.1 Å². The number of allylic oxidation sites excluding steroid dienone is 5. The third-order valence-corrected chi connectivity index (χ3v) is 3.11. The summed E-state index contributed by atoms with van der Waals surface area (Å²) in [5.74, 6) is 0.0406. The van der Waals surface area contributed by atoms with Crippen molar-refractivity contribution in [1.82, 2.24) is 5.32 Å². The summed E-state index contributed by atoms with van der Waals surface area (Å²) in [7, 11) is 1.00. The second kappa shape index (κ2) is 7.07. The van der Waals surface area contributed by atoms with Crippen molar-refractivity contribution in [2.45, 2.75) is 26.2 Å². The summed E-state index contributed by atoms with van der Waals surface area (Å²) >= 11 is 0. The van der Waals surface area contributed by atoms with Gasteiger partial charge in [-0.15, -0.1) is 0 Å². The molecule has 1 aliphatic heterocycles. The van der Waals surface area contributed by atoms with Crippen LogP contribution in [-0.4, -0.2) is 25.0 Å². The van der Waals surface area contributed by atoms with E-state index in [4.69, 9.17) is 5.11 Å². The monoisotopic (exact) mass is 235 g/mol. The van der Waals surface area contributed by atoms with E-state index in [1.54, 1.807) is 0 Å². The second-order valence-electron chi connectivity index (χ2n) is 4.21. The molecule has 1 fully saturated rings. The number of carbonyl (C=O) groups is 1. The molecule has 0 aromatic heterocycles. The highest BCUT2D eigenvalue weighted by molar-refractivity contribution is 5.59. The molecule has 0 aromatic carbocycles.